The van der Waals surface area contributed by atoms with Gasteiger partial charge in [-0.25, -0.2) is 0 Å². The molecule has 0 saturated heterocycles. The number of aliphatic hydroxyl groups is 4. The van der Waals surface area contributed by atoms with Crippen molar-refractivity contribution in [1.82, 2.24) is 0 Å². The van der Waals surface area contributed by atoms with E-state index in [2.05, 4.69) is 47.6 Å². The Morgan fingerprint density at radius 2 is 1.33 bits per heavy atom. The van der Waals surface area contributed by atoms with Crippen LogP contribution >= 0.6 is 0 Å². The lowest BCUT2D eigenvalue weighted by molar-refractivity contribution is -0.147. The molecule has 0 radical (unpaired) electrons. The number of fused-ring (bicyclic) bond motifs is 1. The molecule has 1 aliphatic carbocycles. The molecule has 0 bridgehead atoms. The van der Waals surface area contributed by atoms with Gasteiger partial charge < -0.3 is 20.4 Å². The van der Waals surface area contributed by atoms with E-state index in [4.69, 9.17) is 0 Å². The van der Waals surface area contributed by atoms with Crippen LogP contribution in [0.15, 0.2) is 18.2 Å². The van der Waals surface area contributed by atoms with Crippen LogP contribution in [0.1, 0.15) is 78.7 Å². The maximum absolute atomic E-state index is 11.3. The summed E-state index contributed by atoms with van der Waals surface area (Å²) in [5.74, 6) is -0.848. The van der Waals surface area contributed by atoms with Crippen molar-refractivity contribution < 1.29 is 20.4 Å². The van der Waals surface area contributed by atoms with Gasteiger partial charge in [-0.15, -0.1) is 0 Å². The van der Waals surface area contributed by atoms with Crippen LogP contribution in [0, 0.1) is 5.92 Å². The lowest BCUT2D eigenvalue weighted by Crippen LogP contribution is -2.59. The molecule has 0 amide bonds. The molecule has 0 heterocycles. The van der Waals surface area contributed by atoms with E-state index in [1.807, 2.05) is 6.07 Å². The molecule has 0 unspecified atom stereocenters. The van der Waals surface area contributed by atoms with Gasteiger partial charge in [0.05, 0.1) is 25.9 Å². The second kappa shape index (κ2) is 7.60. The van der Waals surface area contributed by atoms with Crippen LogP contribution in [0.5, 0.6) is 0 Å². The first-order valence-corrected chi connectivity index (χ1v) is 12.4. The van der Waals surface area contributed by atoms with Gasteiger partial charge in [0.1, 0.15) is 6.10 Å². The summed E-state index contributed by atoms with van der Waals surface area (Å²) < 4.78 is 0. The summed E-state index contributed by atoms with van der Waals surface area (Å²) >= 11 is 0. The lowest BCUT2D eigenvalue weighted by Gasteiger charge is -2.49. The van der Waals surface area contributed by atoms with Gasteiger partial charge in [0.2, 0.25) is 0 Å². The standard InChI is InChI=1S/C22H38O4Si/c1-12(2)27(13(3)4,14(5)6)16-11-9-10-15-17(16)20(24)18(22(7,8)26)21(25)19(15)23/h9-14,18-21,23-26H,1-8H3/t18-,19+,20-,21-/m0/s1. The minimum absolute atomic E-state index is 0.445. The van der Waals surface area contributed by atoms with E-state index < -0.39 is 37.9 Å². The number of rotatable bonds is 5. The molecule has 4 nitrogen and oxygen atoms in total. The zero-order valence-corrected chi connectivity index (χ0v) is 19.1. The molecule has 4 atom stereocenters. The Labute approximate surface area is 165 Å². The van der Waals surface area contributed by atoms with Gasteiger partial charge >= 0.3 is 0 Å². The second-order valence-electron chi connectivity index (χ2n) is 9.77. The predicted octanol–water partition coefficient (Wildman–Crippen LogP) is 3.40. The van der Waals surface area contributed by atoms with Crippen LogP contribution < -0.4 is 5.19 Å². The number of hydrogen-bond acceptors (Lipinski definition) is 4. The van der Waals surface area contributed by atoms with Crippen molar-refractivity contribution in [2.75, 3.05) is 0 Å². The van der Waals surface area contributed by atoms with Crippen LogP contribution in [0.3, 0.4) is 0 Å². The van der Waals surface area contributed by atoms with Crippen molar-refractivity contribution in [2.24, 2.45) is 5.92 Å². The predicted molar refractivity (Wildman–Crippen MR) is 113 cm³/mol. The summed E-state index contributed by atoms with van der Waals surface area (Å²) in [4.78, 5) is 0. The molecule has 0 fully saturated rings. The van der Waals surface area contributed by atoms with Gasteiger partial charge in [0.15, 0.2) is 0 Å². The lowest BCUT2D eigenvalue weighted by atomic mass is 9.71. The molecule has 4 N–H and O–H groups in total. The van der Waals surface area contributed by atoms with Gasteiger partial charge in [0, 0.05) is 5.92 Å². The Morgan fingerprint density at radius 3 is 1.74 bits per heavy atom. The summed E-state index contributed by atoms with van der Waals surface area (Å²) in [7, 11) is -2.10. The van der Waals surface area contributed by atoms with Crippen LogP contribution in [0.25, 0.3) is 0 Å². The van der Waals surface area contributed by atoms with E-state index in [0.717, 1.165) is 10.8 Å². The third kappa shape index (κ3) is 3.42. The average Bonchev–Trinajstić information content (AvgIpc) is 2.50. The van der Waals surface area contributed by atoms with E-state index >= 15 is 0 Å². The van der Waals surface area contributed by atoms with E-state index in [1.54, 1.807) is 19.9 Å². The number of benzene rings is 1. The van der Waals surface area contributed by atoms with Crippen molar-refractivity contribution >= 4 is 13.3 Å². The maximum atomic E-state index is 11.3. The highest BCUT2D eigenvalue weighted by molar-refractivity contribution is 6.95. The molecule has 2 rings (SSSR count). The highest BCUT2D eigenvalue weighted by atomic mass is 28.3. The minimum atomic E-state index is -2.10. The van der Waals surface area contributed by atoms with Gasteiger partial charge in [-0.05, 0) is 41.6 Å². The maximum Gasteiger partial charge on any atom is 0.106 e. The Hall–Kier alpha value is -0.723. The molecular formula is C22H38O4Si. The zero-order chi connectivity index (χ0) is 20.9. The highest BCUT2D eigenvalue weighted by Gasteiger charge is 2.52. The SMILES string of the molecule is CC(C)[Si](c1cccc2c1[C@H](O)[C@H](C(C)(C)O)[C@H](O)[C@@H]2O)(C(C)C)C(C)C. The fourth-order valence-electron chi connectivity index (χ4n) is 6.03. The summed E-state index contributed by atoms with van der Waals surface area (Å²) in [6, 6.07) is 5.85. The molecule has 154 valence electrons. The Bertz CT molecular complexity index is 641. The Morgan fingerprint density at radius 1 is 0.852 bits per heavy atom. The van der Waals surface area contributed by atoms with Crippen LogP contribution in [0.4, 0.5) is 0 Å². The van der Waals surface area contributed by atoms with Gasteiger partial charge in [-0.3, -0.25) is 0 Å². The topological polar surface area (TPSA) is 80.9 Å². The van der Waals surface area contributed by atoms with Gasteiger partial charge in [-0.1, -0.05) is 64.9 Å². The second-order valence-corrected chi connectivity index (χ2v) is 15.6. The van der Waals surface area contributed by atoms with E-state index in [-0.39, 0.29) is 0 Å². The fraction of sp³-hybridized carbons (Fsp3) is 0.727. The third-order valence-electron chi connectivity index (χ3n) is 6.93. The van der Waals surface area contributed by atoms with Gasteiger partial charge in [0.25, 0.3) is 0 Å². The van der Waals surface area contributed by atoms with Crippen LogP contribution in [-0.4, -0.2) is 40.2 Å². The monoisotopic (exact) mass is 394 g/mol. The van der Waals surface area contributed by atoms with E-state index in [1.165, 1.54) is 0 Å². The molecule has 0 spiro atoms. The smallest absolute Gasteiger partial charge is 0.106 e. The molecular weight excluding hydrogens is 356 g/mol. The molecule has 5 heteroatoms. The number of hydrogen-bond donors (Lipinski definition) is 4. The molecule has 1 aliphatic rings. The summed E-state index contributed by atoms with van der Waals surface area (Å²) in [6.45, 7) is 16.8. The van der Waals surface area contributed by atoms with Crippen molar-refractivity contribution in [3.8, 4) is 0 Å². The Kier molecular flexibility index (Phi) is 6.35. The Balaban J connectivity index is 2.85. The zero-order valence-electron chi connectivity index (χ0n) is 18.1. The molecule has 0 saturated carbocycles. The summed E-state index contributed by atoms with van der Waals surface area (Å²) in [5, 5.41) is 44.6. The largest absolute Gasteiger partial charge is 0.390 e. The summed E-state index contributed by atoms with van der Waals surface area (Å²) in [6.07, 6.45) is -3.34. The first-order valence-electron chi connectivity index (χ1n) is 10.2. The van der Waals surface area contributed by atoms with Crippen molar-refractivity contribution in [3.63, 3.8) is 0 Å². The summed E-state index contributed by atoms with van der Waals surface area (Å²) in [5.41, 5.74) is 1.36. The highest BCUT2D eigenvalue weighted by Crippen LogP contribution is 2.48. The van der Waals surface area contributed by atoms with Crippen molar-refractivity contribution in [3.05, 3.63) is 29.3 Å². The van der Waals surface area contributed by atoms with E-state index in [0.29, 0.717) is 22.2 Å². The van der Waals surface area contributed by atoms with Crippen molar-refractivity contribution in [2.45, 2.75) is 95.9 Å². The molecule has 27 heavy (non-hydrogen) atoms. The average molecular weight is 395 g/mol. The van der Waals surface area contributed by atoms with Crippen molar-refractivity contribution in [1.29, 1.82) is 0 Å². The van der Waals surface area contributed by atoms with Gasteiger partial charge in [-0.2, -0.15) is 0 Å². The quantitative estimate of drug-likeness (QED) is 0.577. The number of aliphatic hydroxyl groups excluding tert-OH is 3. The first kappa shape index (κ1) is 22.6. The molecule has 1 aromatic rings. The first-order chi connectivity index (χ1) is 12.3. The van der Waals surface area contributed by atoms with Crippen LogP contribution in [0.2, 0.25) is 16.6 Å². The molecule has 0 aliphatic heterocycles. The third-order valence-corrected chi connectivity index (χ3v) is 14.0. The minimum Gasteiger partial charge on any atom is -0.390 e. The normalized spacial score (nSPS) is 26.8. The fourth-order valence-corrected chi connectivity index (χ4v) is 13.0. The van der Waals surface area contributed by atoms with E-state index in [9.17, 15) is 20.4 Å². The molecule has 1 aromatic carbocycles. The van der Waals surface area contributed by atoms with Crippen LogP contribution in [-0.2, 0) is 0 Å². The molecule has 0 aromatic heterocycles.